The maximum Gasteiger partial charge on any atom is 0.182 e. The average molecular weight is 321 g/mol. The Kier molecular flexibility index (Phi) is 4.58. The molecule has 3 rings (SSSR count). The molecule has 0 aliphatic heterocycles. The lowest BCUT2D eigenvalue weighted by molar-refractivity contribution is 0.440. The van der Waals surface area contributed by atoms with E-state index in [1.165, 1.54) is 24.7 Å². The number of hydrogen-bond acceptors (Lipinski definition) is 6. The molecule has 7 heteroatoms. The van der Waals surface area contributed by atoms with Gasteiger partial charge in [0, 0.05) is 25.1 Å². The lowest BCUT2D eigenvalue weighted by Gasteiger charge is -2.09. The number of nitrogens with zero attached hydrogens (tertiary/aromatic N) is 4. The van der Waals surface area contributed by atoms with Crippen molar-refractivity contribution in [2.75, 3.05) is 5.32 Å². The largest absolute Gasteiger partial charge is 0.453 e. The van der Waals surface area contributed by atoms with Gasteiger partial charge in [-0.3, -0.25) is 4.98 Å². The van der Waals surface area contributed by atoms with Crippen LogP contribution in [0.3, 0.4) is 0 Å². The predicted molar refractivity (Wildman–Crippen MR) is 84.8 cm³/mol. The Labute approximate surface area is 137 Å². The van der Waals surface area contributed by atoms with Crippen LogP contribution in [0.2, 0.25) is 0 Å². The third kappa shape index (κ3) is 3.62. The lowest BCUT2D eigenvalue weighted by Crippen LogP contribution is -2.05. The van der Waals surface area contributed by atoms with Gasteiger partial charge in [0.25, 0.3) is 0 Å². The van der Waals surface area contributed by atoms with E-state index in [1.807, 2.05) is 6.07 Å². The zero-order chi connectivity index (χ0) is 16.8. The van der Waals surface area contributed by atoms with Gasteiger partial charge in [0.1, 0.15) is 11.8 Å². The SMILES string of the molecule is N#Cc1nccnc1NCc1ccc(Oc2cccnc2)c(F)c1. The van der Waals surface area contributed by atoms with E-state index < -0.39 is 5.82 Å². The molecule has 0 unspecified atom stereocenters. The molecule has 1 aromatic carbocycles. The zero-order valence-electron chi connectivity index (χ0n) is 12.5. The number of nitriles is 1. The van der Waals surface area contributed by atoms with Crippen molar-refractivity contribution < 1.29 is 9.13 Å². The average Bonchev–Trinajstić information content (AvgIpc) is 2.63. The number of anilines is 1. The Hall–Kier alpha value is -3.53. The normalized spacial score (nSPS) is 10.0. The minimum absolute atomic E-state index is 0.115. The van der Waals surface area contributed by atoms with Gasteiger partial charge in [0.2, 0.25) is 0 Å². The zero-order valence-corrected chi connectivity index (χ0v) is 12.5. The van der Waals surface area contributed by atoms with Crippen LogP contribution in [0.5, 0.6) is 11.5 Å². The maximum atomic E-state index is 14.2. The number of ether oxygens (including phenoxy) is 1. The van der Waals surface area contributed by atoms with Gasteiger partial charge in [-0.1, -0.05) is 6.07 Å². The smallest absolute Gasteiger partial charge is 0.182 e. The van der Waals surface area contributed by atoms with Gasteiger partial charge < -0.3 is 10.1 Å². The Morgan fingerprint density at radius 3 is 2.79 bits per heavy atom. The molecule has 3 aromatic rings. The van der Waals surface area contributed by atoms with Gasteiger partial charge in [0.05, 0.1) is 6.20 Å². The van der Waals surface area contributed by atoms with Gasteiger partial charge in [-0.2, -0.15) is 5.26 Å². The first-order chi connectivity index (χ1) is 11.8. The highest BCUT2D eigenvalue weighted by Crippen LogP contribution is 2.24. The first-order valence-corrected chi connectivity index (χ1v) is 7.07. The lowest BCUT2D eigenvalue weighted by atomic mass is 10.2. The summed E-state index contributed by atoms with van der Waals surface area (Å²) in [7, 11) is 0. The number of aromatic nitrogens is 3. The molecule has 0 saturated carbocycles. The Morgan fingerprint density at radius 1 is 1.17 bits per heavy atom. The summed E-state index contributed by atoms with van der Waals surface area (Å²) < 4.78 is 19.6. The molecule has 0 radical (unpaired) electrons. The molecule has 1 N–H and O–H groups in total. The van der Waals surface area contributed by atoms with Gasteiger partial charge in [-0.15, -0.1) is 0 Å². The van der Waals surface area contributed by atoms with Crippen LogP contribution in [-0.4, -0.2) is 15.0 Å². The molecule has 24 heavy (non-hydrogen) atoms. The van der Waals surface area contributed by atoms with E-state index in [0.29, 0.717) is 23.7 Å². The minimum Gasteiger partial charge on any atom is -0.453 e. The molecule has 2 heterocycles. The maximum absolute atomic E-state index is 14.2. The third-order valence-electron chi connectivity index (χ3n) is 3.12. The van der Waals surface area contributed by atoms with E-state index >= 15 is 0 Å². The van der Waals surface area contributed by atoms with Crippen LogP contribution in [0.1, 0.15) is 11.3 Å². The van der Waals surface area contributed by atoms with Crippen molar-refractivity contribution >= 4 is 5.82 Å². The number of nitrogens with one attached hydrogen (secondary N) is 1. The van der Waals surface area contributed by atoms with Gasteiger partial charge in [-0.05, 0) is 29.8 Å². The number of hydrogen-bond donors (Lipinski definition) is 1. The molecule has 0 saturated heterocycles. The number of benzene rings is 1. The summed E-state index contributed by atoms with van der Waals surface area (Å²) in [6.45, 7) is 0.303. The fraction of sp³-hybridized carbons (Fsp3) is 0.0588. The summed E-state index contributed by atoms with van der Waals surface area (Å²) in [5.41, 5.74) is 0.870. The molecular weight excluding hydrogens is 309 g/mol. The summed E-state index contributed by atoms with van der Waals surface area (Å²) in [4.78, 5) is 11.9. The van der Waals surface area contributed by atoms with Crippen molar-refractivity contribution in [3.63, 3.8) is 0 Å². The molecular formula is C17H12FN5O. The summed E-state index contributed by atoms with van der Waals surface area (Å²) in [6.07, 6.45) is 6.04. The molecule has 0 bridgehead atoms. The van der Waals surface area contributed by atoms with E-state index in [4.69, 9.17) is 10.00 Å². The molecule has 0 aliphatic carbocycles. The molecule has 0 spiro atoms. The Morgan fingerprint density at radius 2 is 2.04 bits per heavy atom. The predicted octanol–water partition coefficient (Wildman–Crippen LogP) is 3.29. The van der Waals surface area contributed by atoms with Gasteiger partial charge in [0.15, 0.2) is 23.1 Å². The second-order valence-electron chi connectivity index (χ2n) is 4.77. The van der Waals surface area contributed by atoms with Crippen LogP contribution >= 0.6 is 0 Å². The molecule has 118 valence electrons. The van der Waals surface area contributed by atoms with Crippen molar-refractivity contribution in [3.05, 3.63) is 72.2 Å². The molecule has 2 aromatic heterocycles. The van der Waals surface area contributed by atoms with Crippen LogP contribution < -0.4 is 10.1 Å². The van der Waals surface area contributed by atoms with E-state index in [1.54, 1.807) is 30.5 Å². The minimum atomic E-state index is -0.488. The van der Waals surface area contributed by atoms with Crippen molar-refractivity contribution in [2.45, 2.75) is 6.54 Å². The fourth-order valence-electron chi connectivity index (χ4n) is 2.01. The van der Waals surface area contributed by atoms with Gasteiger partial charge in [-0.25, -0.2) is 14.4 Å². The fourth-order valence-corrected chi connectivity index (χ4v) is 2.01. The monoisotopic (exact) mass is 321 g/mol. The quantitative estimate of drug-likeness (QED) is 0.776. The van der Waals surface area contributed by atoms with E-state index in [9.17, 15) is 4.39 Å². The highest BCUT2D eigenvalue weighted by molar-refractivity contribution is 5.47. The van der Waals surface area contributed by atoms with Gasteiger partial charge >= 0.3 is 0 Å². The van der Waals surface area contributed by atoms with Crippen molar-refractivity contribution in [1.29, 1.82) is 5.26 Å². The number of rotatable bonds is 5. The Balaban J connectivity index is 1.70. The summed E-state index contributed by atoms with van der Waals surface area (Å²) in [5, 5.41) is 11.9. The highest BCUT2D eigenvalue weighted by atomic mass is 19.1. The van der Waals surface area contributed by atoms with E-state index in [-0.39, 0.29) is 11.4 Å². The van der Waals surface area contributed by atoms with Crippen LogP contribution in [0, 0.1) is 17.1 Å². The third-order valence-corrected chi connectivity index (χ3v) is 3.12. The molecule has 6 nitrogen and oxygen atoms in total. The summed E-state index contributed by atoms with van der Waals surface area (Å²) >= 11 is 0. The number of halogens is 1. The van der Waals surface area contributed by atoms with Crippen LogP contribution in [0.25, 0.3) is 0 Å². The van der Waals surface area contributed by atoms with Crippen molar-refractivity contribution in [3.8, 4) is 17.6 Å². The van der Waals surface area contributed by atoms with Crippen LogP contribution in [-0.2, 0) is 6.54 Å². The highest BCUT2D eigenvalue weighted by Gasteiger charge is 2.08. The Bertz CT molecular complexity index is 880. The second-order valence-corrected chi connectivity index (χ2v) is 4.77. The molecule has 0 atom stereocenters. The van der Waals surface area contributed by atoms with E-state index in [0.717, 1.165) is 0 Å². The van der Waals surface area contributed by atoms with Crippen molar-refractivity contribution in [2.24, 2.45) is 0 Å². The molecule has 0 amide bonds. The summed E-state index contributed by atoms with van der Waals surface area (Å²) in [5.74, 6) is 0.443. The first kappa shape index (κ1) is 15.4. The second kappa shape index (κ2) is 7.15. The first-order valence-electron chi connectivity index (χ1n) is 7.07. The number of pyridine rings is 1. The van der Waals surface area contributed by atoms with Crippen LogP contribution in [0.15, 0.2) is 55.1 Å². The van der Waals surface area contributed by atoms with Crippen molar-refractivity contribution in [1.82, 2.24) is 15.0 Å². The van der Waals surface area contributed by atoms with E-state index in [2.05, 4.69) is 20.3 Å². The summed E-state index contributed by atoms with van der Waals surface area (Å²) in [6, 6.07) is 9.98. The topological polar surface area (TPSA) is 83.7 Å². The molecule has 0 aliphatic rings. The van der Waals surface area contributed by atoms with Crippen LogP contribution in [0.4, 0.5) is 10.2 Å². The standard InChI is InChI=1S/C17H12FN5O/c18-14-8-12(10-23-17-15(9-19)21-6-7-22-17)3-4-16(14)24-13-2-1-5-20-11-13/h1-8,11H,10H2,(H,22,23). The molecule has 0 fully saturated rings.